The normalized spacial score (nSPS) is 12.9. The molecule has 0 bridgehead atoms. The van der Waals surface area contributed by atoms with Crippen LogP contribution in [-0.2, 0) is 24.2 Å². The van der Waals surface area contributed by atoms with E-state index in [0.717, 1.165) is 17.8 Å². The number of nitrogens with zero attached hydrogens (tertiary/aromatic N) is 2. The first-order valence-electron chi connectivity index (χ1n) is 6.87. The summed E-state index contributed by atoms with van der Waals surface area (Å²) >= 11 is 6.32. The number of carboxylic acids is 1. The Morgan fingerprint density at radius 3 is 2.47 bits per heavy atom. The zero-order valence-electron chi connectivity index (χ0n) is 12.1. The summed E-state index contributed by atoms with van der Waals surface area (Å²) < 4.78 is 1.83. The standard InChI is InChI=1S/C14H23ClN2O2/c1-5-11-13(15)12(17(6-2)16-11)8-10(14(18)19)7-9(3)4/h9-10H,5-8H2,1-4H3,(H,18,19). The van der Waals surface area contributed by atoms with E-state index < -0.39 is 11.9 Å². The van der Waals surface area contributed by atoms with E-state index >= 15 is 0 Å². The van der Waals surface area contributed by atoms with Crippen LogP contribution in [0, 0.1) is 11.8 Å². The molecule has 19 heavy (non-hydrogen) atoms. The summed E-state index contributed by atoms with van der Waals surface area (Å²) in [7, 11) is 0. The Morgan fingerprint density at radius 1 is 1.42 bits per heavy atom. The molecule has 0 aliphatic rings. The maximum Gasteiger partial charge on any atom is 0.306 e. The van der Waals surface area contributed by atoms with Crippen LogP contribution >= 0.6 is 11.6 Å². The first-order chi connectivity index (χ1) is 8.90. The molecule has 5 heteroatoms. The summed E-state index contributed by atoms with van der Waals surface area (Å²) in [5.74, 6) is -0.806. The van der Waals surface area contributed by atoms with E-state index in [1.807, 2.05) is 32.4 Å². The van der Waals surface area contributed by atoms with Crippen molar-refractivity contribution in [2.24, 2.45) is 11.8 Å². The van der Waals surface area contributed by atoms with Gasteiger partial charge in [-0.3, -0.25) is 9.48 Å². The minimum absolute atomic E-state index is 0.350. The van der Waals surface area contributed by atoms with Crippen LogP contribution in [0.2, 0.25) is 5.02 Å². The highest BCUT2D eigenvalue weighted by Crippen LogP contribution is 2.26. The van der Waals surface area contributed by atoms with Crippen LogP contribution in [0.5, 0.6) is 0 Å². The summed E-state index contributed by atoms with van der Waals surface area (Å²) in [4.78, 5) is 11.4. The predicted molar refractivity (Wildman–Crippen MR) is 76.6 cm³/mol. The zero-order valence-corrected chi connectivity index (χ0v) is 12.9. The molecule has 1 N–H and O–H groups in total. The number of aromatic nitrogens is 2. The van der Waals surface area contributed by atoms with Gasteiger partial charge in [-0.25, -0.2) is 0 Å². The maximum absolute atomic E-state index is 11.4. The van der Waals surface area contributed by atoms with Gasteiger partial charge >= 0.3 is 5.97 Å². The van der Waals surface area contributed by atoms with E-state index in [0.29, 0.717) is 30.3 Å². The van der Waals surface area contributed by atoms with Crippen molar-refractivity contribution in [2.75, 3.05) is 0 Å². The molecule has 0 aromatic carbocycles. The zero-order chi connectivity index (χ0) is 14.6. The molecule has 1 heterocycles. The second-order valence-electron chi connectivity index (χ2n) is 5.25. The topological polar surface area (TPSA) is 55.1 Å². The van der Waals surface area contributed by atoms with Gasteiger partial charge in [-0.05, 0) is 25.7 Å². The Hall–Kier alpha value is -1.03. The Bertz CT molecular complexity index is 441. The Balaban J connectivity index is 3.01. The lowest BCUT2D eigenvalue weighted by molar-refractivity contribution is -0.142. The number of hydrogen-bond donors (Lipinski definition) is 1. The van der Waals surface area contributed by atoms with E-state index in [9.17, 15) is 9.90 Å². The number of carbonyl (C=O) groups is 1. The van der Waals surface area contributed by atoms with Crippen molar-refractivity contribution in [3.05, 3.63) is 16.4 Å². The monoisotopic (exact) mass is 286 g/mol. The van der Waals surface area contributed by atoms with Crippen molar-refractivity contribution in [1.29, 1.82) is 0 Å². The van der Waals surface area contributed by atoms with Crippen molar-refractivity contribution in [2.45, 2.75) is 53.5 Å². The fourth-order valence-corrected chi connectivity index (χ4v) is 2.63. The summed E-state index contributed by atoms with van der Waals surface area (Å²) in [5.41, 5.74) is 1.71. The molecule has 1 atom stereocenters. The lowest BCUT2D eigenvalue weighted by atomic mass is 9.93. The van der Waals surface area contributed by atoms with Gasteiger partial charge in [0.25, 0.3) is 0 Å². The van der Waals surface area contributed by atoms with E-state index in [4.69, 9.17) is 11.6 Å². The van der Waals surface area contributed by atoms with Gasteiger partial charge in [-0.15, -0.1) is 0 Å². The van der Waals surface area contributed by atoms with Crippen LogP contribution in [0.1, 0.15) is 45.5 Å². The molecule has 1 aromatic rings. The number of rotatable bonds is 7. The molecule has 108 valence electrons. The van der Waals surface area contributed by atoms with Crippen molar-refractivity contribution in [1.82, 2.24) is 9.78 Å². The molecule has 1 rings (SSSR count). The van der Waals surface area contributed by atoms with Gasteiger partial charge in [0.15, 0.2) is 0 Å². The van der Waals surface area contributed by atoms with Gasteiger partial charge in [-0.1, -0.05) is 32.4 Å². The van der Waals surface area contributed by atoms with Crippen LogP contribution in [0.25, 0.3) is 0 Å². The number of carboxylic acid groups (broad SMARTS) is 1. The largest absolute Gasteiger partial charge is 0.481 e. The predicted octanol–water partition coefficient (Wildman–Crippen LogP) is 3.41. The molecule has 0 aliphatic heterocycles. The van der Waals surface area contributed by atoms with Gasteiger partial charge < -0.3 is 5.11 Å². The fourth-order valence-electron chi connectivity index (χ4n) is 2.29. The van der Waals surface area contributed by atoms with Crippen LogP contribution in [0.4, 0.5) is 0 Å². The molecule has 1 aromatic heterocycles. The third kappa shape index (κ3) is 3.96. The van der Waals surface area contributed by atoms with Crippen molar-refractivity contribution in [3.8, 4) is 0 Å². The molecular formula is C14H23ClN2O2. The molecule has 4 nitrogen and oxygen atoms in total. The average molecular weight is 287 g/mol. The molecule has 0 fully saturated rings. The number of halogens is 1. The van der Waals surface area contributed by atoms with Crippen LogP contribution in [0.3, 0.4) is 0 Å². The molecule has 0 spiro atoms. The smallest absolute Gasteiger partial charge is 0.306 e. The second-order valence-corrected chi connectivity index (χ2v) is 5.62. The molecule has 0 aliphatic carbocycles. The van der Waals surface area contributed by atoms with Crippen LogP contribution < -0.4 is 0 Å². The highest BCUT2D eigenvalue weighted by Gasteiger charge is 2.24. The second kappa shape index (κ2) is 6.94. The summed E-state index contributed by atoms with van der Waals surface area (Å²) in [6.07, 6.45) is 1.87. The first kappa shape index (κ1) is 16.0. The van der Waals surface area contributed by atoms with Gasteiger partial charge in [-0.2, -0.15) is 5.10 Å². The number of aryl methyl sites for hydroxylation is 2. The molecule has 1 unspecified atom stereocenters. The third-order valence-electron chi connectivity index (χ3n) is 3.24. The van der Waals surface area contributed by atoms with Gasteiger partial charge in [0.1, 0.15) is 0 Å². The number of aliphatic carboxylic acids is 1. The molecule has 0 saturated carbocycles. The Morgan fingerprint density at radius 2 is 2.05 bits per heavy atom. The van der Waals surface area contributed by atoms with E-state index in [1.54, 1.807) is 0 Å². The third-order valence-corrected chi connectivity index (χ3v) is 3.68. The fraction of sp³-hybridized carbons (Fsp3) is 0.714. The summed E-state index contributed by atoms with van der Waals surface area (Å²) in [6, 6.07) is 0. The van der Waals surface area contributed by atoms with E-state index in [2.05, 4.69) is 5.10 Å². The van der Waals surface area contributed by atoms with Crippen molar-refractivity contribution < 1.29 is 9.90 Å². The highest BCUT2D eigenvalue weighted by molar-refractivity contribution is 6.31. The van der Waals surface area contributed by atoms with Crippen LogP contribution in [-0.4, -0.2) is 20.9 Å². The minimum atomic E-state index is -0.758. The Labute approximate surface area is 119 Å². The lowest BCUT2D eigenvalue weighted by Crippen LogP contribution is -2.20. The summed E-state index contributed by atoms with van der Waals surface area (Å²) in [6.45, 7) is 8.77. The van der Waals surface area contributed by atoms with E-state index in [1.165, 1.54) is 0 Å². The van der Waals surface area contributed by atoms with E-state index in [-0.39, 0.29) is 0 Å². The minimum Gasteiger partial charge on any atom is -0.481 e. The highest BCUT2D eigenvalue weighted by atomic mass is 35.5. The van der Waals surface area contributed by atoms with Gasteiger partial charge in [0.05, 0.1) is 22.3 Å². The quantitative estimate of drug-likeness (QED) is 0.836. The van der Waals surface area contributed by atoms with Gasteiger partial charge in [0, 0.05) is 13.0 Å². The van der Waals surface area contributed by atoms with Crippen molar-refractivity contribution >= 4 is 17.6 Å². The summed E-state index contributed by atoms with van der Waals surface area (Å²) in [5, 5.41) is 14.4. The molecule has 0 amide bonds. The number of hydrogen-bond acceptors (Lipinski definition) is 2. The van der Waals surface area contributed by atoms with Gasteiger partial charge in [0.2, 0.25) is 0 Å². The van der Waals surface area contributed by atoms with Crippen molar-refractivity contribution in [3.63, 3.8) is 0 Å². The molecule has 0 saturated heterocycles. The molecule has 0 radical (unpaired) electrons. The first-order valence-corrected chi connectivity index (χ1v) is 7.25. The van der Waals surface area contributed by atoms with Crippen LogP contribution in [0.15, 0.2) is 0 Å². The molecular weight excluding hydrogens is 264 g/mol. The SMILES string of the molecule is CCc1nn(CC)c(CC(CC(C)C)C(=O)O)c1Cl. The Kier molecular flexibility index (Phi) is 5.85. The lowest BCUT2D eigenvalue weighted by Gasteiger charge is -2.15. The maximum atomic E-state index is 11.4. The average Bonchev–Trinajstić information content (AvgIpc) is 2.64.